The van der Waals surface area contributed by atoms with Crippen LogP contribution in [0.25, 0.3) is 24.3 Å². The maximum Gasteiger partial charge on any atom is 0.343 e. The maximum atomic E-state index is 12.0. The van der Waals surface area contributed by atoms with Gasteiger partial charge in [0.1, 0.15) is 0 Å². The van der Waals surface area contributed by atoms with Gasteiger partial charge in [0.2, 0.25) is 0 Å². The van der Waals surface area contributed by atoms with Crippen molar-refractivity contribution in [1.82, 2.24) is 0 Å². The van der Waals surface area contributed by atoms with Crippen LogP contribution in [-0.2, 0) is 0 Å². The fourth-order valence-electron chi connectivity index (χ4n) is 2.24. The second-order valence-electron chi connectivity index (χ2n) is 5.07. The highest BCUT2D eigenvalue weighted by Gasteiger charge is 2.02. The highest BCUT2D eigenvalue weighted by Crippen LogP contribution is 2.13. The van der Waals surface area contributed by atoms with Crippen LogP contribution in [0.5, 0.6) is 0 Å². The van der Waals surface area contributed by atoms with Gasteiger partial charge in [-0.25, -0.2) is 4.79 Å². The van der Waals surface area contributed by atoms with Crippen molar-refractivity contribution in [3.05, 3.63) is 106 Å². The van der Waals surface area contributed by atoms with Crippen LogP contribution in [-0.4, -0.2) is 0 Å². The second kappa shape index (κ2) is 7.23. The fraction of sp³-hybridized carbons (Fsp3) is 0. The number of rotatable bonds is 4. The van der Waals surface area contributed by atoms with E-state index >= 15 is 0 Å². The van der Waals surface area contributed by atoms with Crippen molar-refractivity contribution < 1.29 is 4.42 Å². The molecule has 0 spiro atoms. The van der Waals surface area contributed by atoms with E-state index in [1.807, 2.05) is 78.9 Å². The van der Waals surface area contributed by atoms with E-state index in [0.29, 0.717) is 5.56 Å². The Morgan fingerprint density at radius 1 is 0.652 bits per heavy atom. The quantitative estimate of drug-likeness (QED) is 0.680. The third-order valence-electron chi connectivity index (χ3n) is 3.45. The Morgan fingerprint density at radius 2 is 1.22 bits per heavy atom. The van der Waals surface area contributed by atoms with E-state index in [0.717, 1.165) is 16.7 Å². The number of benzene rings is 2. The van der Waals surface area contributed by atoms with Gasteiger partial charge >= 0.3 is 5.63 Å². The van der Waals surface area contributed by atoms with Gasteiger partial charge < -0.3 is 4.42 Å². The molecule has 0 amide bonds. The molecular formula is C21H16O2. The number of hydrogen-bond acceptors (Lipinski definition) is 2. The summed E-state index contributed by atoms with van der Waals surface area (Å²) in [5.41, 5.74) is 3.15. The average molecular weight is 300 g/mol. The Balaban J connectivity index is 1.93. The summed E-state index contributed by atoms with van der Waals surface area (Å²) < 4.78 is 5.00. The summed E-state index contributed by atoms with van der Waals surface area (Å²) in [6, 6.07) is 21.6. The van der Waals surface area contributed by atoms with Crippen molar-refractivity contribution in [2.75, 3.05) is 0 Å². The predicted octanol–water partition coefficient (Wildman–Crippen LogP) is 4.98. The van der Waals surface area contributed by atoms with Gasteiger partial charge in [0.25, 0.3) is 0 Å². The Hall–Kier alpha value is -3.13. The van der Waals surface area contributed by atoms with Crippen LogP contribution in [0, 0.1) is 0 Å². The first-order valence-electron chi connectivity index (χ1n) is 7.41. The molecular weight excluding hydrogens is 284 g/mol. The van der Waals surface area contributed by atoms with E-state index < -0.39 is 0 Å². The largest absolute Gasteiger partial charge is 0.431 e. The van der Waals surface area contributed by atoms with E-state index in [-0.39, 0.29) is 5.63 Å². The molecule has 3 rings (SSSR count). The molecule has 0 unspecified atom stereocenters. The lowest BCUT2D eigenvalue weighted by molar-refractivity contribution is 0.508. The van der Waals surface area contributed by atoms with E-state index in [4.69, 9.17) is 4.42 Å². The summed E-state index contributed by atoms with van der Waals surface area (Å²) in [6.07, 6.45) is 9.04. The zero-order valence-corrected chi connectivity index (χ0v) is 12.6. The molecule has 1 heterocycles. The Labute approximate surface area is 135 Å². The van der Waals surface area contributed by atoms with Crippen molar-refractivity contribution in [3.8, 4) is 0 Å². The Morgan fingerprint density at radius 3 is 1.83 bits per heavy atom. The molecule has 2 heteroatoms. The van der Waals surface area contributed by atoms with Gasteiger partial charge in [-0.05, 0) is 28.8 Å². The van der Waals surface area contributed by atoms with Crippen LogP contribution < -0.4 is 5.63 Å². The molecule has 23 heavy (non-hydrogen) atoms. The molecule has 112 valence electrons. The first kappa shape index (κ1) is 14.8. The smallest absolute Gasteiger partial charge is 0.343 e. The highest BCUT2D eigenvalue weighted by atomic mass is 16.4. The molecule has 0 saturated heterocycles. The fourth-order valence-corrected chi connectivity index (χ4v) is 2.24. The molecule has 3 aromatic rings. The molecule has 0 saturated carbocycles. The average Bonchev–Trinajstić information content (AvgIpc) is 2.61. The lowest BCUT2D eigenvalue weighted by Gasteiger charge is -1.99. The van der Waals surface area contributed by atoms with Gasteiger partial charge in [0, 0.05) is 0 Å². The van der Waals surface area contributed by atoms with Gasteiger partial charge in [-0.1, -0.05) is 78.9 Å². The summed E-state index contributed by atoms with van der Waals surface area (Å²) in [7, 11) is 0. The van der Waals surface area contributed by atoms with Crippen LogP contribution in [0.15, 0.2) is 82.2 Å². The maximum absolute atomic E-state index is 12.0. The zero-order chi connectivity index (χ0) is 15.9. The first-order valence-corrected chi connectivity index (χ1v) is 7.41. The van der Waals surface area contributed by atoms with Crippen molar-refractivity contribution >= 4 is 24.3 Å². The number of hydrogen-bond donors (Lipinski definition) is 0. The monoisotopic (exact) mass is 300 g/mol. The summed E-state index contributed by atoms with van der Waals surface area (Å²) >= 11 is 0. The standard InChI is InChI=1S/C21H16O2/c22-21-20(14-12-18-9-5-2-6-10-18)19(15-16-23-21)13-11-17-7-3-1-4-8-17/h1-16H. The van der Waals surface area contributed by atoms with Crippen molar-refractivity contribution in [3.63, 3.8) is 0 Å². The summed E-state index contributed by atoms with van der Waals surface area (Å²) in [6.45, 7) is 0. The third kappa shape index (κ3) is 3.95. The van der Waals surface area contributed by atoms with Gasteiger partial charge in [-0.2, -0.15) is 0 Å². The van der Waals surface area contributed by atoms with Crippen molar-refractivity contribution in [2.24, 2.45) is 0 Å². The summed E-state index contributed by atoms with van der Waals surface area (Å²) in [5.74, 6) is 0. The third-order valence-corrected chi connectivity index (χ3v) is 3.45. The molecule has 0 bridgehead atoms. The van der Waals surface area contributed by atoms with Crippen LogP contribution in [0.2, 0.25) is 0 Å². The molecule has 0 radical (unpaired) electrons. The van der Waals surface area contributed by atoms with Crippen LogP contribution in [0.4, 0.5) is 0 Å². The van der Waals surface area contributed by atoms with Gasteiger partial charge in [0.15, 0.2) is 0 Å². The second-order valence-corrected chi connectivity index (χ2v) is 5.07. The molecule has 2 nitrogen and oxygen atoms in total. The molecule has 2 aromatic carbocycles. The van der Waals surface area contributed by atoms with E-state index in [9.17, 15) is 4.79 Å². The van der Waals surface area contributed by atoms with E-state index in [1.165, 1.54) is 6.26 Å². The predicted molar refractivity (Wildman–Crippen MR) is 95.7 cm³/mol. The molecule has 0 aliphatic carbocycles. The van der Waals surface area contributed by atoms with Gasteiger partial charge in [-0.3, -0.25) is 0 Å². The molecule has 1 aromatic heterocycles. The summed E-state index contributed by atoms with van der Waals surface area (Å²) in [4.78, 5) is 12.0. The van der Waals surface area contributed by atoms with Crippen molar-refractivity contribution in [2.45, 2.75) is 0 Å². The lowest BCUT2D eigenvalue weighted by Crippen LogP contribution is -2.04. The van der Waals surface area contributed by atoms with Gasteiger partial charge in [-0.15, -0.1) is 0 Å². The first-order chi connectivity index (χ1) is 11.3. The molecule has 0 aliphatic heterocycles. The SMILES string of the molecule is O=c1occc(C=Cc2ccccc2)c1C=Cc1ccccc1. The highest BCUT2D eigenvalue weighted by molar-refractivity contribution is 5.78. The minimum absolute atomic E-state index is 0.340. The molecule has 0 fully saturated rings. The van der Waals surface area contributed by atoms with Gasteiger partial charge in [0.05, 0.1) is 11.8 Å². The van der Waals surface area contributed by atoms with Crippen LogP contribution in [0.1, 0.15) is 22.3 Å². The molecule has 0 aliphatic rings. The molecule has 0 atom stereocenters. The zero-order valence-electron chi connectivity index (χ0n) is 12.6. The van der Waals surface area contributed by atoms with E-state index in [2.05, 4.69) is 0 Å². The van der Waals surface area contributed by atoms with Crippen LogP contribution in [0.3, 0.4) is 0 Å². The molecule has 0 N–H and O–H groups in total. The topological polar surface area (TPSA) is 30.2 Å². The lowest BCUT2D eigenvalue weighted by atomic mass is 10.1. The normalized spacial score (nSPS) is 11.3. The minimum atomic E-state index is -0.340. The Kier molecular flexibility index (Phi) is 4.65. The van der Waals surface area contributed by atoms with E-state index in [1.54, 1.807) is 12.1 Å². The van der Waals surface area contributed by atoms with Crippen LogP contribution >= 0.6 is 0 Å². The van der Waals surface area contributed by atoms with Crippen molar-refractivity contribution in [1.29, 1.82) is 0 Å². The summed E-state index contributed by atoms with van der Waals surface area (Å²) in [5, 5.41) is 0. The minimum Gasteiger partial charge on any atom is -0.431 e. The Bertz CT molecular complexity index is 872.